The van der Waals surface area contributed by atoms with Crippen molar-refractivity contribution in [1.82, 2.24) is 0 Å². The second-order valence-corrected chi connectivity index (χ2v) is 15.9. The van der Waals surface area contributed by atoms with E-state index in [2.05, 4.69) is 83.1 Å². The Morgan fingerprint density at radius 3 is 2.06 bits per heavy atom. The minimum atomic E-state index is -0.732. The first-order valence-electron chi connectivity index (χ1n) is 14.9. The molecule has 3 heteroatoms. The molecular weight excluding hydrogens is 444 g/mol. The molecule has 2 N–H and O–H groups in total. The zero-order valence-electron chi connectivity index (χ0n) is 25.6. The standard InChI is InChI=1S/C33H56O3/c1-16-14-23(30(8,9)10)18(3)26-24(16)19(4)32(12)22(7)31(11)15-17(2)25(21(6)34)29(36)33(31,13)20(5)27(32)28(26)35/h16,18-24,26-27,29,34,36H,14-15H2,1-13H3. The maximum absolute atomic E-state index is 14.9. The number of hydrogen-bond donors (Lipinski definition) is 2. The number of carbonyl (C=O) groups excluding carboxylic acids is 1. The predicted octanol–water partition coefficient (Wildman–Crippen LogP) is 7.16. The number of ketones is 1. The number of Topliss-reactive ketones (excluding diaryl/α,β-unsaturated/α-hetero) is 1. The first kappa shape index (κ1) is 28.3. The number of rotatable bonds is 1. The van der Waals surface area contributed by atoms with Crippen LogP contribution in [0.4, 0.5) is 0 Å². The third-order valence-corrected chi connectivity index (χ3v) is 13.9. The summed E-state index contributed by atoms with van der Waals surface area (Å²) < 4.78 is 0. The number of carbonyl (C=O) groups is 1. The first-order chi connectivity index (χ1) is 16.3. The molecule has 3 fully saturated rings. The molecule has 0 aromatic heterocycles. The third-order valence-electron chi connectivity index (χ3n) is 13.9. The summed E-state index contributed by atoms with van der Waals surface area (Å²) in [4.78, 5) is 14.9. The normalized spacial score (nSPS) is 54.5. The van der Waals surface area contributed by atoms with Gasteiger partial charge in [0.2, 0.25) is 0 Å². The van der Waals surface area contributed by atoms with Crippen LogP contribution in [0.25, 0.3) is 0 Å². The molecule has 0 radical (unpaired) electrons. The maximum atomic E-state index is 14.9. The molecule has 0 spiro atoms. The molecule has 36 heavy (non-hydrogen) atoms. The Morgan fingerprint density at radius 1 is 1.00 bits per heavy atom. The monoisotopic (exact) mass is 500 g/mol. The van der Waals surface area contributed by atoms with E-state index in [-0.39, 0.29) is 39.9 Å². The van der Waals surface area contributed by atoms with Crippen LogP contribution in [0.5, 0.6) is 0 Å². The van der Waals surface area contributed by atoms with Crippen molar-refractivity contribution in [1.29, 1.82) is 0 Å². The van der Waals surface area contributed by atoms with Crippen LogP contribution < -0.4 is 0 Å². The zero-order chi connectivity index (χ0) is 27.5. The van der Waals surface area contributed by atoms with Gasteiger partial charge in [-0.15, -0.1) is 0 Å². The van der Waals surface area contributed by atoms with E-state index in [9.17, 15) is 15.0 Å². The zero-order valence-corrected chi connectivity index (χ0v) is 25.6. The van der Waals surface area contributed by atoms with Gasteiger partial charge in [-0.2, -0.15) is 0 Å². The fraction of sp³-hybridized carbons (Fsp3) is 0.909. The summed E-state index contributed by atoms with van der Waals surface area (Å²) in [5.74, 6) is 3.15. The van der Waals surface area contributed by atoms with Gasteiger partial charge in [0.25, 0.3) is 0 Å². The molecule has 3 saturated carbocycles. The van der Waals surface area contributed by atoms with Crippen molar-refractivity contribution in [2.75, 3.05) is 0 Å². The van der Waals surface area contributed by atoms with Gasteiger partial charge in [0.1, 0.15) is 5.78 Å². The minimum absolute atomic E-state index is 0.0361. The molecule has 0 bridgehead atoms. The van der Waals surface area contributed by atoms with E-state index in [4.69, 9.17) is 0 Å². The van der Waals surface area contributed by atoms with Crippen LogP contribution in [0.2, 0.25) is 0 Å². The first-order valence-corrected chi connectivity index (χ1v) is 14.9. The van der Waals surface area contributed by atoms with Gasteiger partial charge in [-0.1, -0.05) is 81.7 Å². The van der Waals surface area contributed by atoms with Crippen molar-refractivity contribution in [2.24, 2.45) is 74.9 Å². The van der Waals surface area contributed by atoms with Crippen molar-refractivity contribution < 1.29 is 15.0 Å². The molecular formula is C33H56O3. The van der Waals surface area contributed by atoms with E-state index in [1.807, 2.05) is 0 Å². The van der Waals surface area contributed by atoms with E-state index in [1.165, 1.54) is 6.42 Å². The van der Waals surface area contributed by atoms with E-state index < -0.39 is 17.6 Å². The molecule has 0 aromatic carbocycles. The van der Waals surface area contributed by atoms with Gasteiger partial charge < -0.3 is 10.2 Å². The van der Waals surface area contributed by atoms with Crippen LogP contribution in [0.15, 0.2) is 11.1 Å². The van der Waals surface area contributed by atoms with Crippen molar-refractivity contribution in [3.63, 3.8) is 0 Å². The second kappa shape index (κ2) is 8.41. The summed E-state index contributed by atoms with van der Waals surface area (Å²) >= 11 is 0. The number of allylic oxidation sites excluding steroid dienone is 1. The quantitative estimate of drug-likeness (QED) is 0.376. The summed E-state index contributed by atoms with van der Waals surface area (Å²) in [6, 6.07) is 0. The van der Waals surface area contributed by atoms with E-state index in [0.29, 0.717) is 35.4 Å². The number of hydrogen-bond acceptors (Lipinski definition) is 3. The van der Waals surface area contributed by atoms with Gasteiger partial charge in [-0.05, 0) is 89.9 Å². The molecule has 4 aliphatic carbocycles. The van der Waals surface area contributed by atoms with E-state index in [1.54, 1.807) is 6.92 Å². The summed E-state index contributed by atoms with van der Waals surface area (Å²) in [5.41, 5.74) is 1.37. The molecule has 4 rings (SSSR count). The highest BCUT2D eigenvalue weighted by atomic mass is 16.3. The Bertz CT molecular complexity index is 941. The fourth-order valence-electron chi connectivity index (χ4n) is 11.5. The van der Waals surface area contributed by atoms with Crippen molar-refractivity contribution >= 4 is 5.78 Å². The van der Waals surface area contributed by atoms with Crippen molar-refractivity contribution in [3.05, 3.63) is 11.1 Å². The van der Waals surface area contributed by atoms with Crippen LogP contribution in [0.1, 0.15) is 103 Å². The van der Waals surface area contributed by atoms with Crippen LogP contribution in [-0.2, 0) is 4.79 Å². The van der Waals surface area contributed by atoms with Crippen molar-refractivity contribution in [2.45, 2.75) is 115 Å². The maximum Gasteiger partial charge on any atom is 0.140 e. The van der Waals surface area contributed by atoms with Crippen molar-refractivity contribution in [3.8, 4) is 0 Å². The molecule has 0 heterocycles. The van der Waals surface area contributed by atoms with Gasteiger partial charge in [0.15, 0.2) is 0 Å². The third kappa shape index (κ3) is 3.26. The predicted molar refractivity (Wildman–Crippen MR) is 148 cm³/mol. The fourth-order valence-corrected chi connectivity index (χ4v) is 11.5. The average molecular weight is 501 g/mol. The molecule has 0 aromatic rings. The SMILES string of the molecule is CC1=C(C(C)O)C(O)C2(C)C(C)C3C(=O)C4C(C)C(C(C)(C)C)CC(C)C4C(C)C3(C)C(C)C2(C)C1. The molecule has 14 atom stereocenters. The highest BCUT2D eigenvalue weighted by Gasteiger charge is 2.73. The Labute approximate surface area is 221 Å². The van der Waals surface area contributed by atoms with Crippen LogP contribution in [-0.4, -0.2) is 28.2 Å². The molecule has 4 aliphatic rings. The molecule has 206 valence electrons. The number of fused-ring (bicyclic) bond motifs is 3. The molecule has 0 amide bonds. The average Bonchev–Trinajstić information content (AvgIpc) is 2.74. The number of aliphatic hydroxyl groups is 2. The summed E-state index contributed by atoms with van der Waals surface area (Å²) in [7, 11) is 0. The Morgan fingerprint density at radius 2 is 1.56 bits per heavy atom. The van der Waals surface area contributed by atoms with Gasteiger partial charge in [0, 0.05) is 17.3 Å². The van der Waals surface area contributed by atoms with Gasteiger partial charge in [-0.3, -0.25) is 4.79 Å². The summed E-state index contributed by atoms with van der Waals surface area (Å²) in [6.07, 6.45) is 0.682. The largest absolute Gasteiger partial charge is 0.389 e. The smallest absolute Gasteiger partial charge is 0.140 e. The second-order valence-electron chi connectivity index (χ2n) is 15.9. The lowest BCUT2D eigenvalue weighted by Crippen LogP contribution is -2.73. The highest BCUT2D eigenvalue weighted by molar-refractivity contribution is 5.87. The molecule has 0 saturated heterocycles. The molecule has 14 unspecified atom stereocenters. The number of aliphatic hydroxyl groups excluding tert-OH is 2. The Kier molecular flexibility index (Phi) is 6.62. The Hall–Kier alpha value is -0.670. The minimum Gasteiger partial charge on any atom is -0.389 e. The summed E-state index contributed by atoms with van der Waals surface area (Å²) in [6.45, 7) is 29.9. The van der Waals surface area contributed by atoms with Gasteiger partial charge in [-0.25, -0.2) is 0 Å². The molecule has 3 nitrogen and oxygen atoms in total. The Balaban J connectivity index is 1.90. The van der Waals surface area contributed by atoms with E-state index >= 15 is 0 Å². The van der Waals surface area contributed by atoms with E-state index in [0.717, 1.165) is 17.6 Å². The lowest BCUT2D eigenvalue weighted by molar-refractivity contribution is -0.253. The van der Waals surface area contributed by atoms with Crippen LogP contribution in [0, 0.1) is 74.9 Å². The van der Waals surface area contributed by atoms with Crippen LogP contribution in [0.3, 0.4) is 0 Å². The summed E-state index contributed by atoms with van der Waals surface area (Å²) in [5, 5.41) is 22.7. The lowest BCUT2D eigenvalue weighted by Gasteiger charge is -2.73. The highest BCUT2D eigenvalue weighted by Crippen LogP contribution is 2.75. The van der Waals surface area contributed by atoms with Crippen LogP contribution >= 0.6 is 0 Å². The lowest BCUT2D eigenvalue weighted by atomic mass is 9.30. The van der Waals surface area contributed by atoms with Gasteiger partial charge >= 0.3 is 0 Å². The van der Waals surface area contributed by atoms with Gasteiger partial charge in [0.05, 0.1) is 12.2 Å². The molecule has 0 aliphatic heterocycles. The topological polar surface area (TPSA) is 57.5 Å².